The van der Waals surface area contributed by atoms with Crippen molar-refractivity contribution in [2.45, 2.75) is 12.2 Å². The quantitative estimate of drug-likeness (QED) is 0.852. The van der Waals surface area contributed by atoms with Crippen LogP contribution in [0.4, 0.5) is 5.69 Å². The molecule has 2 heterocycles. The molecule has 7 nitrogen and oxygen atoms in total. The lowest BCUT2D eigenvalue weighted by molar-refractivity contribution is -0.163. The summed E-state index contributed by atoms with van der Waals surface area (Å²) in [6, 6.07) is 9.08. The van der Waals surface area contributed by atoms with Crippen molar-refractivity contribution in [3.8, 4) is 0 Å². The Morgan fingerprint density at radius 1 is 1.41 bits per heavy atom. The maximum absolute atomic E-state index is 12.4. The smallest absolute Gasteiger partial charge is 0.335 e. The lowest BCUT2D eigenvalue weighted by Gasteiger charge is -2.33. The fraction of sp³-hybridized carbons (Fsp3) is 0.267. The van der Waals surface area contributed by atoms with Crippen molar-refractivity contribution in [3.63, 3.8) is 0 Å². The first-order valence-electron chi connectivity index (χ1n) is 6.76. The summed E-state index contributed by atoms with van der Waals surface area (Å²) in [7, 11) is 0. The number of amides is 1. The van der Waals surface area contributed by atoms with E-state index >= 15 is 0 Å². The summed E-state index contributed by atoms with van der Waals surface area (Å²) in [4.78, 5) is 28.9. The number of aliphatic hydroxyl groups is 1. The molecular weight excluding hydrogens is 288 g/mol. The number of carboxylic acids is 1. The lowest BCUT2D eigenvalue weighted by Crippen LogP contribution is -2.54. The number of anilines is 1. The number of fused-ring (bicyclic) bond motifs is 1. The van der Waals surface area contributed by atoms with Crippen molar-refractivity contribution in [1.29, 1.82) is 0 Å². The van der Waals surface area contributed by atoms with Crippen LogP contribution < -0.4 is 4.90 Å². The van der Waals surface area contributed by atoms with E-state index in [2.05, 4.69) is 4.98 Å². The van der Waals surface area contributed by atoms with Gasteiger partial charge in [-0.3, -0.25) is 9.78 Å². The van der Waals surface area contributed by atoms with E-state index < -0.39 is 24.1 Å². The maximum atomic E-state index is 12.4. The fourth-order valence-electron chi connectivity index (χ4n) is 2.44. The highest BCUT2D eigenvalue weighted by Crippen LogP contribution is 2.24. The Kier molecular flexibility index (Phi) is 3.74. The zero-order chi connectivity index (χ0) is 15.7. The van der Waals surface area contributed by atoms with Crippen LogP contribution in [-0.2, 0) is 14.3 Å². The SMILES string of the molecule is O=C(O)[C@H](O)[C@H]1OCCN(c2ccc3cccnc3c2)C1=O. The zero-order valence-electron chi connectivity index (χ0n) is 11.5. The number of aromatic nitrogens is 1. The standard InChI is InChI=1S/C15H14N2O5/c18-12(15(20)21)13-14(19)17(6-7-22-13)10-4-3-9-2-1-5-16-11(9)8-10/h1-5,8,12-13,18H,6-7H2,(H,20,21)/t12-,13-/m1/s1. The van der Waals surface area contributed by atoms with Crippen molar-refractivity contribution in [2.75, 3.05) is 18.1 Å². The second-order valence-electron chi connectivity index (χ2n) is 4.94. The molecule has 0 bridgehead atoms. The Morgan fingerprint density at radius 3 is 3.00 bits per heavy atom. The highest BCUT2D eigenvalue weighted by atomic mass is 16.5. The topological polar surface area (TPSA) is 100.0 Å². The molecule has 2 atom stereocenters. The predicted molar refractivity (Wildman–Crippen MR) is 77.5 cm³/mol. The Morgan fingerprint density at radius 2 is 2.23 bits per heavy atom. The first kappa shape index (κ1) is 14.4. The number of ether oxygens (including phenoxy) is 1. The van der Waals surface area contributed by atoms with Gasteiger partial charge < -0.3 is 19.8 Å². The highest BCUT2D eigenvalue weighted by molar-refractivity contribution is 6.01. The minimum Gasteiger partial charge on any atom is -0.479 e. The molecule has 1 aromatic heterocycles. The molecule has 3 rings (SSSR count). The number of aliphatic carboxylic acids is 1. The van der Waals surface area contributed by atoms with Crippen molar-refractivity contribution in [3.05, 3.63) is 36.5 Å². The highest BCUT2D eigenvalue weighted by Gasteiger charge is 2.39. The number of rotatable bonds is 3. The van der Waals surface area contributed by atoms with Crippen LogP contribution in [-0.4, -0.2) is 52.4 Å². The van der Waals surface area contributed by atoms with Gasteiger partial charge in [-0.2, -0.15) is 0 Å². The average molecular weight is 302 g/mol. The van der Waals surface area contributed by atoms with Crippen LogP contribution in [0, 0.1) is 0 Å². The van der Waals surface area contributed by atoms with Crippen molar-refractivity contribution >= 4 is 28.5 Å². The molecule has 2 N–H and O–H groups in total. The number of carbonyl (C=O) groups is 2. The molecule has 0 aliphatic carbocycles. The van der Waals surface area contributed by atoms with Gasteiger partial charge in [-0.05, 0) is 18.2 Å². The van der Waals surface area contributed by atoms with Gasteiger partial charge in [0, 0.05) is 23.8 Å². The molecule has 114 valence electrons. The molecule has 0 spiro atoms. The van der Waals surface area contributed by atoms with E-state index in [-0.39, 0.29) is 6.61 Å². The number of benzene rings is 1. The van der Waals surface area contributed by atoms with Crippen LogP contribution in [0.1, 0.15) is 0 Å². The van der Waals surface area contributed by atoms with E-state index in [1.165, 1.54) is 4.90 Å². The maximum Gasteiger partial charge on any atom is 0.335 e. The molecule has 1 fully saturated rings. The number of carboxylic acid groups (broad SMARTS) is 1. The van der Waals surface area contributed by atoms with Gasteiger partial charge >= 0.3 is 5.97 Å². The summed E-state index contributed by atoms with van der Waals surface area (Å²) in [6.07, 6.45) is -1.62. The number of pyridine rings is 1. The molecule has 7 heteroatoms. The van der Waals surface area contributed by atoms with E-state index in [4.69, 9.17) is 9.84 Å². The van der Waals surface area contributed by atoms with Gasteiger partial charge in [-0.15, -0.1) is 0 Å². The van der Waals surface area contributed by atoms with Gasteiger partial charge in [0.05, 0.1) is 12.1 Å². The summed E-state index contributed by atoms with van der Waals surface area (Å²) >= 11 is 0. The number of hydrogen-bond donors (Lipinski definition) is 2. The molecule has 0 unspecified atom stereocenters. The third-order valence-corrected chi connectivity index (χ3v) is 3.56. The molecule has 1 aliphatic heterocycles. The van der Waals surface area contributed by atoms with Crippen molar-refractivity contribution in [2.24, 2.45) is 0 Å². The fourth-order valence-corrected chi connectivity index (χ4v) is 2.44. The van der Waals surface area contributed by atoms with Crippen LogP contribution >= 0.6 is 0 Å². The van der Waals surface area contributed by atoms with Gasteiger partial charge in [0.25, 0.3) is 5.91 Å². The summed E-state index contributed by atoms with van der Waals surface area (Å²) in [5.41, 5.74) is 1.33. The first-order valence-corrected chi connectivity index (χ1v) is 6.76. The molecule has 0 saturated carbocycles. The molecule has 1 aliphatic rings. The molecule has 1 amide bonds. The second kappa shape index (κ2) is 5.70. The third-order valence-electron chi connectivity index (χ3n) is 3.56. The summed E-state index contributed by atoms with van der Waals surface area (Å²) in [5.74, 6) is -2.06. The van der Waals surface area contributed by atoms with Gasteiger partial charge in [-0.25, -0.2) is 4.79 Å². The van der Waals surface area contributed by atoms with E-state index in [9.17, 15) is 14.7 Å². The largest absolute Gasteiger partial charge is 0.479 e. The molecule has 1 aromatic carbocycles. The van der Waals surface area contributed by atoms with Crippen LogP contribution in [0.5, 0.6) is 0 Å². The number of carbonyl (C=O) groups excluding carboxylic acids is 1. The van der Waals surface area contributed by atoms with Crippen LogP contribution in [0.15, 0.2) is 36.5 Å². The number of aliphatic hydroxyl groups excluding tert-OH is 1. The summed E-state index contributed by atoms with van der Waals surface area (Å²) in [5, 5.41) is 19.4. The monoisotopic (exact) mass is 302 g/mol. The average Bonchev–Trinajstić information content (AvgIpc) is 2.54. The van der Waals surface area contributed by atoms with Gasteiger partial charge in [0.15, 0.2) is 12.2 Å². The van der Waals surface area contributed by atoms with Crippen molar-refractivity contribution in [1.82, 2.24) is 4.98 Å². The normalized spacial score (nSPS) is 20.1. The minimum atomic E-state index is -1.88. The molecule has 22 heavy (non-hydrogen) atoms. The molecular formula is C15H14N2O5. The molecule has 1 saturated heterocycles. The van der Waals surface area contributed by atoms with Gasteiger partial charge in [-0.1, -0.05) is 12.1 Å². The van der Waals surface area contributed by atoms with E-state index in [1.807, 2.05) is 18.2 Å². The van der Waals surface area contributed by atoms with Crippen LogP contribution in [0.3, 0.4) is 0 Å². The first-order chi connectivity index (χ1) is 10.6. The predicted octanol–water partition coefficient (Wildman–Crippen LogP) is 0.412. The van der Waals surface area contributed by atoms with Gasteiger partial charge in [0.1, 0.15) is 0 Å². The molecule has 2 aromatic rings. The molecule has 0 radical (unpaired) electrons. The third kappa shape index (κ3) is 2.51. The van der Waals surface area contributed by atoms with E-state index in [0.29, 0.717) is 12.2 Å². The Bertz CT molecular complexity index is 733. The number of hydrogen-bond acceptors (Lipinski definition) is 5. The Hall–Kier alpha value is -2.51. The van der Waals surface area contributed by atoms with Crippen LogP contribution in [0.25, 0.3) is 10.9 Å². The zero-order valence-corrected chi connectivity index (χ0v) is 11.5. The van der Waals surface area contributed by atoms with E-state index in [1.54, 1.807) is 18.3 Å². The Balaban J connectivity index is 1.92. The lowest BCUT2D eigenvalue weighted by atomic mass is 10.1. The van der Waals surface area contributed by atoms with Crippen LogP contribution in [0.2, 0.25) is 0 Å². The number of nitrogens with zero attached hydrogens (tertiary/aromatic N) is 2. The van der Waals surface area contributed by atoms with E-state index in [0.717, 1.165) is 10.9 Å². The second-order valence-corrected chi connectivity index (χ2v) is 4.94. The summed E-state index contributed by atoms with van der Waals surface area (Å²) < 4.78 is 5.11. The number of morpholine rings is 1. The summed E-state index contributed by atoms with van der Waals surface area (Å²) in [6.45, 7) is 0.445. The Labute approximate surface area is 125 Å². The van der Waals surface area contributed by atoms with Gasteiger partial charge in [0.2, 0.25) is 0 Å². The minimum absolute atomic E-state index is 0.154. The van der Waals surface area contributed by atoms with Crippen molar-refractivity contribution < 1.29 is 24.5 Å².